The zero-order valence-electron chi connectivity index (χ0n) is 13.6. The van der Waals surface area contributed by atoms with E-state index in [9.17, 15) is 13.2 Å². The van der Waals surface area contributed by atoms with Crippen LogP contribution in [0.1, 0.15) is 23.6 Å². The minimum absolute atomic E-state index is 0.477. The van der Waals surface area contributed by atoms with E-state index < -0.39 is 21.5 Å². The van der Waals surface area contributed by atoms with E-state index in [1.54, 1.807) is 30.3 Å². The molecule has 5 nitrogen and oxygen atoms in total. The van der Waals surface area contributed by atoms with Gasteiger partial charge < -0.3 is 5.73 Å². The molecule has 0 radical (unpaired) electrons. The summed E-state index contributed by atoms with van der Waals surface area (Å²) < 4.78 is 27.1. The quantitative estimate of drug-likeness (QED) is 0.842. The van der Waals surface area contributed by atoms with Gasteiger partial charge in [0.15, 0.2) is 0 Å². The predicted molar refractivity (Wildman–Crippen MR) is 95.3 cm³/mol. The van der Waals surface area contributed by atoms with Gasteiger partial charge in [-0.2, -0.15) is 4.72 Å². The minimum atomic E-state index is -3.87. The van der Waals surface area contributed by atoms with E-state index in [1.165, 1.54) is 13.0 Å². The number of hydrogen-bond acceptors (Lipinski definition) is 3. The molecule has 0 aromatic heterocycles. The molecule has 3 N–H and O–H groups in total. The number of aryl methyl sites for hydroxylation is 1. The molecule has 0 aliphatic heterocycles. The lowest BCUT2D eigenvalue weighted by Gasteiger charge is -2.26. The van der Waals surface area contributed by atoms with Crippen LogP contribution in [0.25, 0.3) is 6.08 Å². The second kappa shape index (κ2) is 6.98. The lowest BCUT2D eigenvalue weighted by atomic mass is 9.93. The average molecular weight is 344 g/mol. The first-order valence-electron chi connectivity index (χ1n) is 7.37. The fraction of sp³-hybridized carbons (Fsp3) is 0.167. The van der Waals surface area contributed by atoms with Crippen LogP contribution in [0.2, 0.25) is 0 Å². The van der Waals surface area contributed by atoms with E-state index >= 15 is 0 Å². The molecule has 0 bridgehead atoms. The molecule has 0 fully saturated rings. The van der Waals surface area contributed by atoms with Crippen molar-refractivity contribution in [3.8, 4) is 0 Å². The summed E-state index contributed by atoms with van der Waals surface area (Å²) in [5.74, 6) is -0.777. The minimum Gasteiger partial charge on any atom is -0.368 e. The molecule has 24 heavy (non-hydrogen) atoms. The van der Waals surface area contributed by atoms with Crippen molar-refractivity contribution in [1.82, 2.24) is 4.72 Å². The molecule has 1 atom stereocenters. The lowest BCUT2D eigenvalue weighted by molar-refractivity contribution is -0.123. The van der Waals surface area contributed by atoms with Gasteiger partial charge in [-0.25, -0.2) is 8.42 Å². The van der Waals surface area contributed by atoms with Crippen LogP contribution in [0.3, 0.4) is 0 Å². The molecule has 0 aliphatic carbocycles. The fourth-order valence-corrected chi connectivity index (χ4v) is 3.38. The number of carbonyl (C=O) groups excluding carboxylic acids is 1. The summed E-state index contributed by atoms with van der Waals surface area (Å²) in [6, 6.07) is 15.9. The highest BCUT2D eigenvalue weighted by molar-refractivity contribution is 7.92. The van der Waals surface area contributed by atoms with Gasteiger partial charge >= 0.3 is 0 Å². The maximum Gasteiger partial charge on any atom is 0.243 e. The molecule has 0 aliphatic rings. The Hall–Kier alpha value is -2.44. The van der Waals surface area contributed by atoms with E-state index in [2.05, 4.69) is 4.72 Å². The summed E-state index contributed by atoms with van der Waals surface area (Å²) in [5, 5.41) is 1.03. The molecule has 6 heteroatoms. The number of nitrogens with two attached hydrogens (primary N) is 1. The first kappa shape index (κ1) is 17.9. The summed E-state index contributed by atoms with van der Waals surface area (Å²) >= 11 is 0. The van der Waals surface area contributed by atoms with E-state index in [0.717, 1.165) is 16.5 Å². The Balaban J connectivity index is 2.28. The van der Waals surface area contributed by atoms with Gasteiger partial charge in [0.05, 0.1) is 0 Å². The number of benzene rings is 2. The number of hydrogen-bond donors (Lipinski definition) is 2. The molecule has 2 aromatic rings. The summed E-state index contributed by atoms with van der Waals surface area (Å²) in [7, 11) is -3.87. The number of rotatable bonds is 6. The van der Waals surface area contributed by atoms with Crippen LogP contribution >= 0.6 is 0 Å². The van der Waals surface area contributed by atoms with Crippen LogP contribution in [0.4, 0.5) is 0 Å². The van der Waals surface area contributed by atoms with Gasteiger partial charge in [0, 0.05) is 5.41 Å². The van der Waals surface area contributed by atoms with Gasteiger partial charge in [-0.15, -0.1) is 0 Å². The number of primary amides is 1. The van der Waals surface area contributed by atoms with Gasteiger partial charge in [-0.3, -0.25) is 4.79 Å². The molecule has 0 unspecified atom stereocenters. The number of carbonyl (C=O) groups is 1. The van der Waals surface area contributed by atoms with Crippen LogP contribution in [0.5, 0.6) is 0 Å². The highest BCUT2D eigenvalue weighted by Gasteiger charge is 2.36. The lowest BCUT2D eigenvalue weighted by Crippen LogP contribution is -2.52. The third kappa shape index (κ3) is 4.31. The molecule has 126 valence electrons. The SMILES string of the molecule is Cc1ccc(/C=C/S(=O)(=O)N[C@](C)(C(N)=O)c2ccccc2)cc1. The average Bonchev–Trinajstić information content (AvgIpc) is 2.54. The Labute approximate surface area is 142 Å². The zero-order valence-corrected chi connectivity index (χ0v) is 14.4. The van der Waals surface area contributed by atoms with E-state index in [0.29, 0.717) is 5.56 Å². The molecule has 0 heterocycles. The van der Waals surface area contributed by atoms with Crippen LogP contribution in [0.15, 0.2) is 60.0 Å². The van der Waals surface area contributed by atoms with E-state index in [4.69, 9.17) is 5.73 Å². The van der Waals surface area contributed by atoms with Crippen molar-refractivity contribution in [2.24, 2.45) is 5.73 Å². The molecule has 0 saturated carbocycles. The highest BCUT2D eigenvalue weighted by atomic mass is 32.2. The standard InChI is InChI=1S/C18H20N2O3S/c1-14-8-10-15(11-9-14)12-13-24(22,23)20-18(2,17(19)21)16-6-4-3-5-7-16/h3-13,20H,1-2H3,(H2,19,21)/b13-12+/t18-/m0/s1. The van der Waals surface area contributed by atoms with Crippen LogP contribution in [0, 0.1) is 6.92 Å². The maximum absolute atomic E-state index is 12.4. The van der Waals surface area contributed by atoms with Crippen LogP contribution in [-0.2, 0) is 20.4 Å². The molecule has 1 amide bonds. The summed E-state index contributed by atoms with van der Waals surface area (Å²) in [6.45, 7) is 3.39. The number of sulfonamides is 1. The second-order valence-corrected chi connectivity index (χ2v) is 7.28. The van der Waals surface area contributed by atoms with Gasteiger partial charge in [-0.1, -0.05) is 60.2 Å². The van der Waals surface area contributed by atoms with E-state index in [-0.39, 0.29) is 0 Å². The number of nitrogens with one attached hydrogen (secondary N) is 1. The summed E-state index contributed by atoms with van der Waals surface area (Å²) in [5.41, 5.74) is 6.21. The van der Waals surface area contributed by atoms with Gasteiger partial charge in [0.25, 0.3) is 0 Å². The summed E-state index contributed by atoms with van der Waals surface area (Å²) in [6.07, 6.45) is 1.47. The first-order chi connectivity index (χ1) is 11.2. The van der Waals surface area contributed by atoms with Crippen LogP contribution in [-0.4, -0.2) is 14.3 Å². The van der Waals surface area contributed by atoms with Crippen molar-refractivity contribution in [3.63, 3.8) is 0 Å². The molecule has 2 aromatic carbocycles. The Morgan fingerprint density at radius 1 is 1.08 bits per heavy atom. The van der Waals surface area contributed by atoms with Crippen molar-refractivity contribution in [2.75, 3.05) is 0 Å². The normalized spacial score (nSPS) is 14.4. The van der Waals surface area contributed by atoms with Crippen LogP contribution < -0.4 is 10.5 Å². The van der Waals surface area contributed by atoms with Gasteiger partial charge in [0.1, 0.15) is 5.54 Å². The topological polar surface area (TPSA) is 89.3 Å². The Morgan fingerprint density at radius 2 is 1.67 bits per heavy atom. The van der Waals surface area contributed by atoms with Crippen molar-refractivity contribution < 1.29 is 13.2 Å². The monoisotopic (exact) mass is 344 g/mol. The molecule has 2 rings (SSSR count). The zero-order chi connectivity index (χ0) is 17.8. The number of amides is 1. The van der Waals surface area contributed by atoms with Gasteiger partial charge in [-0.05, 0) is 31.1 Å². The van der Waals surface area contributed by atoms with Crippen molar-refractivity contribution in [1.29, 1.82) is 0 Å². The van der Waals surface area contributed by atoms with Gasteiger partial charge in [0.2, 0.25) is 15.9 Å². The van der Waals surface area contributed by atoms with E-state index in [1.807, 2.05) is 31.2 Å². The Morgan fingerprint density at radius 3 is 2.21 bits per heavy atom. The van der Waals surface area contributed by atoms with Crippen molar-refractivity contribution in [2.45, 2.75) is 19.4 Å². The van der Waals surface area contributed by atoms with Crippen molar-refractivity contribution >= 4 is 22.0 Å². The predicted octanol–water partition coefficient (Wildman–Crippen LogP) is 2.29. The maximum atomic E-state index is 12.4. The Kier molecular flexibility index (Phi) is 5.21. The molecular formula is C18H20N2O3S. The Bertz CT molecular complexity index is 844. The molecular weight excluding hydrogens is 324 g/mol. The fourth-order valence-electron chi connectivity index (χ4n) is 2.19. The van der Waals surface area contributed by atoms with Crippen molar-refractivity contribution in [3.05, 3.63) is 76.7 Å². The second-order valence-electron chi connectivity index (χ2n) is 5.72. The molecule has 0 saturated heterocycles. The first-order valence-corrected chi connectivity index (χ1v) is 8.92. The summed E-state index contributed by atoms with van der Waals surface area (Å²) in [4.78, 5) is 11.9. The largest absolute Gasteiger partial charge is 0.368 e. The smallest absolute Gasteiger partial charge is 0.243 e. The third-order valence-electron chi connectivity index (χ3n) is 3.71. The molecule has 0 spiro atoms. The highest BCUT2D eigenvalue weighted by Crippen LogP contribution is 2.21. The third-order valence-corrected chi connectivity index (χ3v) is 4.89.